The van der Waals surface area contributed by atoms with Gasteiger partial charge in [0.25, 0.3) is 0 Å². The minimum Gasteiger partial charge on any atom is -0.346 e. The molecule has 1 aromatic heterocycles. The van der Waals surface area contributed by atoms with E-state index in [1.165, 1.54) is 18.2 Å². The van der Waals surface area contributed by atoms with Crippen molar-refractivity contribution in [3.63, 3.8) is 0 Å². The molecule has 2 aromatic rings. The fourth-order valence-corrected chi connectivity index (χ4v) is 1.85. The van der Waals surface area contributed by atoms with Gasteiger partial charge in [0.2, 0.25) is 11.8 Å². The molecule has 5 N–H and O–H groups in total. The van der Waals surface area contributed by atoms with Gasteiger partial charge in [-0.05, 0) is 24.1 Å². The summed E-state index contributed by atoms with van der Waals surface area (Å²) in [4.78, 5) is 23.5. The van der Waals surface area contributed by atoms with Gasteiger partial charge >= 0.3 is 0 Å². The summed E-state index contributed by atoms with van der Waals surface area (Å²) in [7, 11) is 0. The van der Waals surface area contributed by atoms with E-state index in [0.717, 1.165) is 0 Å². The van der Waals surface area contributed by atoms with Gasteiger partial charge in [-0.2, -0.15) is 5.10 Å². The molecule has 1 heterocycles. The zero-order valence-corrected chi connectivity index (χ0v) is 12.3. The van der Waals surface area contributed by atoms with E-state index in [1.807, 2.05) is 13.8 Å². The fourth-order valence-electron chi connectivity index (χ4n) is 1.85. The minimum atomic E-state index is -0.673. The molecule has 0 saturated heterocycles. The highest BCUT2D eigenvalue weighted by Crippen LogP contribution is 2.20. The third kappa shape index (κ3) is 3.59. The maximum atomic E-state index is 13.2. The molecule has 0 fully saturated rings. The van der Waals surface area contributed by atoms with Crippen LogP contribution >= 0.6 is 0 Å². The Hall–Kier alpha value is -2.48. The predicted octanol–water partition coefficient (Wildman–Crippen LogP) is 0.740. The molecule has 8 heteroatoms. The Morgan fingerprint density at radius 3 is 2.82 bits per heavy atom. The summed E-state index contributed by atoms with van der Waals surface area (Å²) < 4.78 is 13.2. The third-order valence-electron chi connectivity index (χ3n) is 3.23. The van der Waals surface area contributed by atoms with E-state index < -0.39 is 23.7 Å². The van der Waals surface area contributed by atoms with Crippen molar-refractivity contribution in [1.29, 1.82) is 0 Å². The summed E-state index contributed by atoms with van der Waals surface area (Å²) in [6.45, 7) is 3.40. The molecule has 0 unspecified atom stereocenters. The van der Waals surface area contributed by atoms with Gasteiger partial charge in [0, 0.05) is 5.39 Å². The molecule has 0 aliphatic rings. The molecule has 1 aromatic carbocycles. The number of hydrogen-bond acceptors (Lipinski definition) is 4. The van der Waals surface area contributed by atoms with Crippen LogP contribution in [0.2, 0.25) is 0 Å². The number of nitrogens with zero attached hydrogens (tertiary/aromatic N) is 1. The summed E-state index contributed by atoms with van der Waals surface area (Å²) in [5.74, 6) is -1.12. The van der Waals surface area contributed by atoms with Crippen LogP contribution < -0.4 is 16.4 Å². The quantitative estimate of drug-likeness (QED) is 0.652. The number of anilines is 1. The Morgan fingerprint density at radius 1 is 1.41 bits per heavy atom. The molecule has 22 heavy (non-hydrogen) atoms. The molecule has 1 atom stereocenters. The van der Waals surface area contributed by atoms with Crippen molar-refractivity contribution in [2.45, 2.75) is 19.9 Å². The van der Waals surface area contributed by atoms with Crippen molar-refractivity contribution < 1.29 is 14.0 Å². The summed E-state index contributed by atoms with van der Waals surface area (Å²) in [5.41, 5.74) is 6.27. The molecule has 2 amide bonds. The van der Waals surface area contributed by atoms with E-state index in [-0.39, 0.29) is 18.3 Å². The number of H-pyrrole nitrogens is 1. The van der Waals surface area contributed by atoms with Crippen LogP contribution in [0.3, 0.4) is 0 Å². The zero-order valence-electron chi connectivity index (χ0n) is 12.3. The first-order valence-electron chi connectivity index (χ1n) is 6.85. The number of nitrogens with two attached hydrogens (primary N) is 1. The number of rotatable bonds is 5. The Bertz CT molecular complexity index is 698. The lowest BCUT2D eigenvalue weighted by Gasteiger charge is -2.14. The van der Waals surface area contributed by atoms with E-state index in [2.05, 4.69) is 20.8 Å². The molecule has 0 aliphatic heterocycles. The van der Waals surface area contributed by atoms with Gasteiger partial charge in [0.1, 0.15) is 5.82 Å². The number of fused-ring (bicyclic) bond motifs is 1. The van der Waals surface area contributed by atoms with Crippen molar-refractivity contribution in [2.75, 3.05) is 11.9 Å². The largest absolute Gasteiger partial charge is 0.346 e. The number of nitrogens with one attached hydrogen (secondary N) is 3. The second-order valence-corrected chi connectivity index (χ2v) is 5.30. The van der Waals surface area contributed by atoms with E-state index in [1.54, 1.807) is 0 Å². The van der Waals surface area contributed by atoms with Crippen LogP contribution in [0.5, 0.6) is 0 Å². The van der Waals surface area contributed by atoms with E-state index >= 15 is 0 Å². The van der Waals surface area contributed by atoms with Crippen LogP contribution in [-0.4, -0.2) is 34.6 Å². The summed E-state index contributed by atoms with van der Waals surface area (Å²) in [5, 5.41) is 12.0. The van der Waals surface area contributed by atoms with Gasteiger partial charge in [-0.3, -0.25) is 14.7 Å². The maximum absolute atomic E-state index is 13.2. The van der Waals surface area contributed by atoms with Crippen LogP contribution in [0, 0.1) is 11.7 Å². The first kappa shape index (κ1) is 15.9. The van der Waals surface area contributed by atoms with Crippen molar-refractivity contribution in [3.8, 4) is 0 Å². The lowest BCUT2D eigenvalue weighted by molar-refractivity contribution is -0.125. The highest BCUT2D eigenvalue weighted by molar-refractivity contribution is 6.01. The molecule has 118 valence electrons. The average molecular weight is 307 g/mol. The Morgan fingerprint density at radius 2 is 2.14 bits per heavy atom. The first-order valence-corrected chi connectivity index (χ1v) is 6.85. The predicted molar refractivity (Wildman–Crippen MR) is 80.5 cm³/mol. The molecule has 2 rings (SSSR count). The number of halogens is 1. The van der Waals surface area contributed by atoms with Crippen molar-refractivity contribution in [2.24, 2.45) is 11.7 Å². The normalized spacial score (nSPS) is 12.4. The third-order valence-corrected chi connectivity index (χ3v) is 3.23. The molecule has 0 spiro atoms. The smallest absolute Gasteiger partial charge is 0.244 e. The highest BCUT2D eigenvalue weighted by Gasteiger charge is 2.18. The summed E-state index contributed by atoms with van der Waals surface area (Å²) >= 11 is 0. The van der Waals surface area contributed by atoms with Crippen molar-refractivity contribution in [3.05, 3.63) is 24.0 Å². The number of aromatic nitrogens is 2. The molecular formula is C14H18FN5O2. The van der Waals surface area contributed by atoms with Crippen LogP contribution in [-0.2, 0) is 9.59 Å². The van der Waals surface area contributed by atoms with Crippen LogP contribution in [0.4, 0.5) is 10.2 Å². The van der Waals surface area contributed by atoms with Crippen LogP contribution in [0.25, 0.3) is 10.9 Å². The topological polar surface area (TPSA) is 113 Å². The average Bonchev–Trinajstić information content (AvgIpc) is 2.86. The Kier molecular flexibility index (Phi) is 4.71. The van der Waals surface area contributed by atoms with Gasteiger partial charge in [0.15, 0.2) is 5.82 Å². The molecular weight excluding hydrogens is 289 g/mol. The summed E-state index contributed by atoms with van der Waals surface area (Å²) in [6.07, 6.45) is 0. The number of benzene rings is 1. The number of carbonyl (C=O) groups excluding carboxylic acids is 2. The lowest BCUT2D eigenvalue weighted by atomic mass is 10.1. The molecule has 0 aliphatic carbocycles. The van der Waals surface area contributed by atoms with Crippen LogP contribution in [0.1, 0.15) is 13.8 Å². The lowest BCUT2D eigenvalue weighted by Crippen LogP contribution is -2.46. The molecule has 0 radical (unpaired) electrons. The van der Waals surface area contributed by atoms with E-state index in [0.29, 0.717) is 10.9 Å². The van der Waals surface area contributed by atoms with E-state index in [9.17, 15) is 14.0 Å². The SMILES string of the molecule is CC(C)[C@H](N)C(=O)NCC(=O)Nc1n[nH]c2ccc(F)cc12. The number of aromatic amines is 1. The van der Waals surface area contributed by atoms with E-state index in [4.69, 9.17) is 5.73 Å². The summed E-state index contributed by atoms with van der Waals surface area (Å²) in [6, 6.07) is 3.41. The molecule has 0 saturated carbocycles. The first-order chi connectivity index (χ1) is 10.4. The van der Waals surface area contributed by atoms with Gasteiger partial charge in [-0.25, -0.2) is 4.39 Å². The Labute approximate surface area is 126 Å². The van der Waals surface area contributed by atoms with Gasteiger partial charge in [-0.15, -0.1) is 0 Å². The van der Waals surface area contributed by atoms with Crippen molar-refractivity contribution in [1.82, 2.24) is 15.5 Å². The number of hydrogen-bond donors (Lipinski definition) is 4. The molecule has 7 nitrogen and oxygen atoms in total. The fraction of sp³-hybridized carbons (Fsp3) is 0.357. The highest BCUT2D eigenvalue weighted by atomic mass is 19.1. The zero-order chi connectivity index (χ0) is 16.3. The van der Waals surface area contributed by atoms with Gasteiger partial charge in [0.05, 0.1) is 18.1 Å². The van der Waals surface area contributed by atoms with Gasteiger partial charge in [-0.1, -0.05) is 13.8 Å². The maximum Gasteiger partial charge on any atom is 0.244 e. The Balaban J connectivity index is 1.97. The van der Waals surface area contributed by atoms with Gasteiger partial charge < -0.3 is 16.4 Å². The molecule has 0 bridgehead atoms. The minimum absolute atomic E-state index is 0.0266. The second-order valence-electron chi connectivity index (χ2n) is 5.30. The van der Waals surface area contributed by atoms with Crippen LogP contribution in [0.15, 0.2) is 18.2 Å². The number of carbonyl (C=O) groups is 2. The standard InChI is InChI=1S/C14H18FN5O2/c1-7(2)12(16)14(22)17-6-11(21)18-13-9-5-8(15)3-4-10(9)19-20-13/h3-5,7,12H,6,16H2,1-2H3,(H,17,22)(H2,18,19,20,21)/t12-/m0/s1. The monoisotopic (exact) mass is 307 g/mol. The number of amides is 2. The van der Waals surface area contributed by atoms with Crippen molar-refractivity contribution >= 4 is 28.5 Å². The second kappa shape index (κ2) is 6.52.